The van der Waals surface area contributed by atoms with Gasteiger partial charge in [0, 0.05) is 30.8 Å². The zero-order valence-electron chi connectivity index (χ0n) is 6.53. The van der Waals surface area contributed by atoms with Crippen LogP contribution in [0.1, 0.15) is 24.4 Å². The lowest BCUT2D eigenvalue weighted by Gasteiger charge is -2.05. The van der Waals surface area contributed by atoms with Gasteiger partial charge in [-0.2, -0.15) is 0 Å². The molecule has 0 spiro atoms. The molecule has 1 aliphatic heterocycles. The smallest absolute Gasteiger partial charge is 0.112 e. The molecule has 1 aliphatic rings. The first-order valence-electron chi connectivity index (χ1n) is 4.20. The molecule has 0 bridgehead atoms. The monoisotopic (exact) mass is 149 g/mol. The number of hydrogen-bond donors (Lipinski definition) is 1. The normalized spacial score (nSPS) is 23.8. The average Bonchev–Trinajstić information content (AvgIpc) is 2.58. The third kappa shape index (κ3) is 1.40. The van der Waals surface area contributed by atoms with Crippen LogP contribution in [0.5, 0.6) is 0 Å². The van der Waals surface area contributed by atoms with Crippen LogP contribution in [0.2, 0.25) is 0 Å². The molecule has 2 rings (SSSR count). The van der Waals surface area contributed by atoms with Crippen LogP contribution in [0, 0.1) is 0 Å². The Morgan fingerprint density at radius 1 is 1.36 bits per heavy atom. The van der Waals surface area contributed by atoms with Crippen molar-refractivity contribution in [1.82, 2.24) is 4.98 Å². The Kier molecular flexibility index (Phi) is 1.86. The molecule has 2 heterocycles. The first-order valence-corrected chi connectivity index (χ1v) is 4.20. The third-order valence-electron chi connectivity index (χ3n) is 2.30. The number of aromatic nitrogens is 1. The molecule has 1 aromatic heterocycles. The van der Waals surface area contributed by atoms with E-state index in [9.17, 15) is 0 Å². The molecule has 0 aliphatic carbocycles. The van der Waals surface area contributed by atoms with Crippen molar-refractivity contribution in [2.24, 2.45) is 0 Å². The molecule has 1 aromatic rings. The summed E-state index contributed by atoms with van der Waals surface area (Å²) in [6.45, 7) is 1.28. The van der Waals surface area contributed by atoms with Gasteiger partial charge in [0.1, 0.15) is 6.04 Å². The maximum absolute atomic E-state index is 4.00. The van der Waals surface area contributed by atoms with E-state index in [0.717, 1.165) is 0 Å². The highest BCUT2D eigenvalue weighted by molar-refractivity contribution is 5.12. The van der Waals surface area contributed by atoms with Crippen LogP contribution in [-0.2, 0) is 0 Å². The molecule has 0 radical (unpaired) electrons. The van der Waals surface area contributed by atoms with Crippen LogP contribution in [0.4, 0.5) is 0 Å². The van der Waals surface area contributed by atoms with Crippen molar-refractivity contribution >= 4 is 0 Å². The molecule has 1 fully saturated rings. The minimum atomic E-state index is 0.706. The summed E-state index contributed by atoms with van der Waals surface area (Å²) >= 11 is 0. The number of nitrogens with zero attached hydrogens (tertiary/aromatic N) is 1. The highest BCUT2D eigenvalue weighted by Crippen LogP contribution is 2.15. The predicted octanol–water partition coefficient (Wildman–Crippen LogP) is 0.480. The van der Waals surface area contributed by atoms with Gasteiger partial charge in [-0.25, -0.2) is 0 Å². The first-order chi connectivity index (χ1) is 5.47. The molecule has 1 saturated heterocycles. The van der Waals surface area contributed by atoms with E-state index in [2.05, 4.69) is 22.4 Å². The van der Waals surface area contributed by atoms with E-state index in [1.54, 1.807) is 0 Å². The van der Waals surface area contributed by atoms with Gasteiger partial charge in [0.15, 0.2) is 0 Å². The van der Waals surface area contributed by atoms with E-state index >= 15 is 0 Å². The van der Waals surface area contributed by atoms with E-state index in [4.69, 9.17) is 0 Å². The molecule has 11 heavy (non-hydrogen) atoms. The highest BCUT2D eigenvalue weighted by atomic mass is 14.9. The maximum atomic E-state index is 4.00. The van der Waals surface area contributed by atoms with Crippen LogP contribution in [0.15, 0.2) is 24.5 Å². The topological polar surface area (TPSA) is 29.5 Å². The second-order valence-electron chi connectivity index (χ2n) is 3.05. The SMILES string of the molecule is c1cc([C@@H]2CCC[NH2+]2)ccn1. The second-order valence-corrected chi connectivity index (χ2v) is 3.05. The van der Waals surface area contributed by atoms with Gasteiger partial charge in [0.05, 0.1) is 6.54 Å². The Balaban J connectivity index is 2.16. The summed E-state index contributed by atoms with van der Waals surface area (Å²) in [4.78, 5) is 4.00. The molecule has 0 aromatic carbocycles. The van der Waals surface area contributed by atoms with Crippen LogP contribution in [-0.4, -0.2) is 11.5 Å². The van der Waals surface area contributed by atoms with Gasteiger partial charge in [-0.15, -0.1) is 0 Å². The van der Waals surface area contributed by atoms with Gasteiger partial charge in [-0.1, -0.05) is 0 Å². The van der Waals surface area contributed by atoms with Crippen molar-refractivity contribution in [1.29, 1.82) is 0 Å². The van der Waals surface area contributed by atoms with E-state index in [-0.39, 0.29) is 0 Å². The fourth-order valence-corrected chi connectivity index (χ4v) is 1.69. The largest absolute Gasteiger partial charge is 0.340 e. The summed E-state index contributed by atoms with van der Waals surface area (Å²) in [5, 5.41) is 2.41. The Morgan fingerprint density at radius 3 is 2.82 bits per heavy atom. The van der Waals surface area contributed by atoms with Gasteiger partial charge >= 0.3 is 0 Å². The van der Waals surface area contributed by atoms with Crippen molar-refractivity contribution in [2.45, 2.75) is 18.9 Å². The van der Waals surface area contributed by atoms with Crippen molar-refractivity contribution in [3.63, 3.8) is 0 Å². The number of rotatable bonds is 1. The molecule has 2 nitrogen and oxygen atoms in total. The lowest BCUT2D eigenvalue weighted by molar-refractivity contribution is -0.676. The minimum absolute atomic E-state index is 0.706. The molecule has 0 amide bonds. The van der Waals surface area contributed by atoms with Gasteiger partial charge < -0.3 is 5.32 Å². The standard InChI is InChI=1S/C9H12N2/c1-2-9(11-5-1)8-3-6-10-7-4-8/h3-4,6-7,9,11H,1-2,5H2/p+1/t9-/m0/s1. The van der Waals surface area contributed by atoms with Gasteiger partial charge in [0.2, 0.25) is 0 Å². The van der Waals surface area contributed by atoms with E-state index < -0.39 is 0 Å². The summed E-state index contributed by atoms with van der Waals surface area (Å²) in [6, 6.07) is 4.94. The molecule has 0 saturated carbocycles. The maximum Gasteiger partial charge on any atom is 0.112 e. The summed E-state index contributed by atoms with van der Waals surface area (Å²) < 4.78 is 0. The number of nitrogens with two attached hydrogens (primary N) is 1. The zero-order chi connectivity index (χ0) is 7.52. The van der Waals surface area contributed by atoms with Crippen LogP contribution < -0.4 is 5.32 Å². The number of pyridine rings is 1. The summed E-state index contributed by atoms with van der Waals surface area (Å²) in [7, 11) is 0. The minimum Gasteiger partial charge on any atom is -0.340 e. The molecule has 2 N–H and O–H groups in total. The molecule has 58 valence electrons. The quantitative estimate of drug-likeness (QED) is 0.618. The lowest BCUT2D eigenvalue weighted by atomic mass is 10.1. The Labute approximate surface area is 66.7 Å². The van der Waals surface area contributed by atoms with Crippen molar-refractivity contribution in [3.05, 3.63) is 30.1 Å². The first kappa shape index (κ1) is 6.80. The highest BCUT2D eigenvalue weighted by Gasteiger charge is 2.19. The zero-order valence-corrected chi connectivity index (χ0v) is 6.53. The van der Waals surface area contributed by atoms with Crippen molar-refractivity contribution < 1.29 is 5.32 Å². The Morgan fingerprint density at radius 2 is 2.18 bits per heavy atom. The third-order valence-corrected chi connectivity index (χ3v) is 2.30. The molecule has 1 atom stereocenters. The summed E-state index contributed by atoms with van der Waals surface area (Å²) in [5.74, 6) is 0. The summed E-state index contributed by atoms with van der Waals surface area (Å²) in [5.41, 5.74) is 1.43. The number of hydrogen-bond acceptors (Lipinski definition) is 1. The van der Waals surface area contributed by atoms with Gasteiger partial charge in [0.25, 0.3) is 0 Å². The van der Waals surface area contributed by atoms with E-state index in [0.29, 0.717) is 6.04 Å². The Bertz CT molecular complexity index is 214. The van der Waals surface area contributed by atoms with Gasteiger partial charge in [-0.3, -0.25) is 4.98 Å². The fraction of sp³-hybridized carbons (Fsp3) is 0.444. The van der Waals surface area contributed by atoms with E-state index in [1.807, 2.05) is 12.4 Å². The molecular weight excluding hydrogens is 136 g/mol. The van der Waals surface area contributed by atoms with E-state index in [1.165, 1.54) is 24.9 Å². The second kappa shape index (κ2) is 3.01. The van der Waals surface area contributed by atoms with Crippen molar-refractivity contribution in [3.8, 4) is 0 Å². The van der Waals surface area contributed by atoms with Crippen LogP contribution in [0.25, 0.3) is 0 Å². The van der Waals surface area contributed by atoms with Crippen molar-refractivity contribution in [2.75, 3.05) is 6.54 Å². The molecular formula is C9H13N2+. The lowest BCUT2D eigenvalue weighted by Crippen LogP contribution is -2.81. The summed E-state index contributed by atoms with van der Waals surface area (Å²) in [6.07, 6.45) is 6.43. The predicted molar refractivity (Wildman–Crippen MR) is 43.0 cm³/mol. The number of quaternary nitrogens is 1. The molecule has 0 unspecified atom stereocenters. The van der Waals surface area contributed by atoms with Crippen LogP contribution >= 0.6 is 0 Å². The fourth-order valence-electron chi connectivity index (χ4n) is 1.69. The van der Waals surface area contributed by atoms with Crippen LogP contribution in [0.3, 0.4) is 0 Å². The molecule has 2 heteroatoms. The Hall–Kier alpha value is -0.890. The van der Waals surface area contributed by atoms with Gasteiger partial charge in [-0.05, 0) is 12.1 Å². The average molecular weight is 149 g/mol.